The van der Waals surface area contributed by atoms with Crippen LogP contribution in [0.2, 0.25) is 0 Å². The lowest BCUT2D eigenvalue weighted by atomic mass is 10.2. The maximum Gasteiger partial charge on any atom is 0.332 e. The lowest BCUT2D eigenvalue weighted by Gasteiger charge is -2.11. The minimum Gasteiger partial charge on any atom is -0.325 e. The Hall–Kier alpha value is -2.74. The van der Waals surface area contributed by atoms with E-state index in [9.17, 15) is 14.4 Å². The van der Waals surface area contributed by atoms with Gasteiger partial charge in [0.15, 0.2) is 5.52 Å². The summed E-state index contributed by atoms with van der Waals surface area (Å²) in [6.07, 6.45) is 0. The predicted octanol–water partition coefficient (Wildman–Crippen LogP) is 1.59. The summed E-state index contributed by atoms with van der Waals surface area (Å²) in [5.41, 5.74) is 1.42. The van der Waals surface area contributed by atoms with Gasteiger partial charge >= 0.3 is 5.69 Å². The van der Waals surface area contributed by atoms with Crippen molar-refractivity contribution in [3.05, 3.63) is 56.0 Å². The molecule has 8 heteroatoms. The van der Waals surface area contributed by atoms with Crippen LogP contribution in [0.5, 0.6) is 0 Å². The Morgan fingerprint density at radius 2 is 1.92 bits per heavy atom. The van der Waals surface area contributed by atoms with E-state index in [2.05, 4.69) is 9.69 Å². The van der Waals surface area contributed by atoms with Gasteiger partial charge in [-0.1, -0.05) is 17.7 Å². The standard InChI is InChI=1S/C16H16N4O3S/c1-3-19-15(22)14-12(9-24-18-14)20(16(19)23)8-13(21)17-11-6-4-10(2)5-7-11/h4-7,9H,3,8H2,1-2H3,(H,17,21). The number of anilines is 1. The van der Waals surface area contributed by atoms with E-state index in [0.717, 1.165) is 21.7 Å². The molecular weight excluding hydrogens is 328 g/mol. The second kappa shape index (κ2) is 6.40. The van der Waals surface area contributed by atoms with Gasteiger partial charge in [0, 0.05) is 17.6 Å². The van der Waals surface area contributed by atoms with Crippen molar-refractivity contribution < 1.29 is 4.79 Å². The minimum atomic E-state index is -0.505. The molecule has 0 spiro atoms. The lowest BCUT2D eigenvalue weighted by molar-refractivity contribution is -0.116. The number of carbonyl (C=O) groups excluding carboxylic acids is 1. The van der Waals surface area contributed by atoms with Crippen molar-refractivity contribution in [3.8, 4) is 0 Å². The van der Waals surface area contributed by atoms with Crippen LogP contribution in [0.1, 0.15) is 12.5 Å². The summed E-state index contributed by atoms with van der Waals surface area (Å²) in [5, 5.41) is 4.36. The highest BCUT2D eigenvalue weighted by Gasteiger charge is 2.16. The van der Waals surface area contributed by atoms with Crippen molar-refractivity contribution in [3.63, 3.8) is 0 Å². The molecule has 1 amide bonds. The summed E-state index contributed by atoms with van der Waals surface area (Å²) >= 11 is 1.09. The molecule has 7 nitrogen and oxygen atoms in total. The van der Waals surface area contributed by atoms with Crippen LogP contribution in [-0.4, -0.2) is 19.4 Å². The number of carbonyl (C=O) groups is 1. The number of amides is 1. The van der Waals surface area contributed by atoms with E-state index >= 15 is 0 Å². The summed E-state index contributed by atoms with van der Waals surface area (Å²) in [7, 11) is 0. The average molecular weight is 344 g/mol. The van der Waals surface area contributed by atoms with Gasteiger partial charge in [-0.3, -0.25) is 18.7 Å². The zero-order valence-corrected chi connectivity index (χ0v) is 14.1. The van der Waals surface area contributed by atoms with E-state index in [4.69, 9.17) is 0 Å². The first-order chi connectivity index (χ1) is 11.5. The average Bonchev–Trinajstić information content (AvgIpc) is 3.04. The molecule has 0 saturated heterocycles. The molecule has 2 aromatic heterocycles. The van der Waals surface area contributed by atoms with Crippen LogP contribution < -0.4 is 16.6 Å². The van der Waals surface area contributed by atoms with Crippen molar-refractivity contribution in [2.75, 3.05) is 5.32 Å². The maximum absolute atomic E-state index is 12.5. The molecule has 0 bridgehead atoms. The van der Waals surface area contributed by atoms with Crippen molar-refractivity contribution in [1.29, 1.82) is 0 Å². The highest BCUT2D eigenvalue weighted by atomic mass is 32.1. The van der Waals surface area contributed by atoms with Gasteiger partial charge in [0.2, 0.25) is 5.91 Å². The number of rotatable bonds is 4. The van der Waals surface area contributed by atoms with Gasteiger partial charge in [-0.05, 0) is 37.5 Å². The Bertz CT molecular complexity index is 1010. The quantitative estimate of drug-likeness (QED) is 0.779. The molecule has 124 valence electrons. The first kappa shape index (κ1) is 16.1. The molecule has 3 rings (SSSR count). The van der Waals surface area contributed by atoms with E-state index in [-0.39, 0.29) is 24.5 Å². The first-order valence-corrected chi connectivity index (χ1v) is 8.29. The van der Waals surface area contributed by atoms with Crippen molar-refractivity contribution in [2.24, 2.45) is 0 Å². The maximum atomic E-state index is 12.5. The number of aryl methyl sites for hydroxylation is 1. The summed E-state index contributed by atoms with van der Waals surface area (Å²) < 4.78 is 6.42. The Kier molecular flexibility index (Phi) is 4.30. The fourth-order valence-electron chi connectivity index (χ4n) is 2.45. The van der Waals surface area contributed by atoms with E-state index in [1.807, 2.05) is 19.1 Å². The first-order valence-electron chi connectivity index (χ1n) is 7.45. The number of aromatic nitrogens is 3. The van der Waals surface area contributed by atoms with E-state index < -0.39 is 11.2 Å². The van der Waals surface area contributed by atoms with Crippen molar-refractivity contribution >= 4 is 34.2 Å². The number of nitrogens with one attached hydrogen (secondary N) is 1. The Morgan fingerprint density at radius 3 is 2.58 bits per heavy atom. The van der Waals surface area contributed by atoms with E-state index in [1.54, 1.807) is 24.4 Å². The van der Waals surface area contributed by atoms with Gasteiger partial charge in [-0.2, -0.15) is 4.37 Å². The van der Waals surface area contributed by atoms with Crippen LogP contribution in [0.3, 0.4) is 0 Å². The molecule has 0 fully saturated rings. The Labute approximate surface area is 141 Å². The lowest BCUT2D eigenvalue weighted by Crippen LogP contribution is -2.41. The second-order valence-corrected chi connectivity index (χ2v) is 6.01. The zero-order valence-electron chi connectivity index (χ0n) is 13.3. The molecule has 24 heavy (non-hydrogen) atoms. The fraction of sp³-hybridized carbons (Fsp3) is 0.250. The normalized spacial score (nSPS) is 10.9. The third kappa shape index (κ3) is 2.88. The van der Waals surface area contributed by atoms with Gasteiger partial charge < -0.3 is 5.32 Å². The Balaban J connectivity index is 1.96. The summed E-state index contributed by atoms with van der Waals surface area (Å²) in [6.45, 7) is 3.71. The molecule has 3 aromatic rings. The number of fused-ring (bicyclic) bond motifs is 1. The molecule has 0 aliphatic heterocycles. The Morgan fingerprint density at radius 1 is 1.21 bits per heavy atom. The molecular formula is C16H16N4O3S. The molecule has 1 N–H and O–H groups in total. The molecule has 0 aliphatic carbocycles. The molecule has 1 aromatic carbocycles. The topological polar surface area (TPSA) is 86.0 Å². The highest BCUT2D eigenvalue weighted by Crippen LogP contribution is 2.11. The van der Waals surface area contributed by atoms with Crippen LogP contribution in [-0.2, 0) is 17.9 Å². The molecule has 0 atom stereocenters. The minimum absolute atomic E-state index is 0.179. The highest BCUT2D eigenvalue weighted by molar-refractivity contribution is 7.04. The summed E-state index contributed by atoms with van der Waals surface area (Å²) in [4.78, 5) is 37.0. The molecule has 0 aliphatic rings. The smallest absolute Gasteiger partial charge is 0.325 e. The molecule has 0 unspecified atom stereocenters. The SMILES string of the molecule is CCn1c(=O)c2nscc2n(CC(=O)Nc2ccc(C)cc2)c1=O. The van der Waals surface area contributed by atoms with Gasteiger partial charge in [0.1, 0.15) is 6.54 Å². The number of benzene rings is 1. The zero-order chi connectivity index (χ0) is 17.3. The third-order valence-electron chi connectivity index (χ3n) is 3.70. The van der Waals surface area contributed by atoms with Crippen LogP contribution in [0.15, 0.2) is 39.2 Å². The van der Waals surface area contributed by atoms with Gasteiger partial charge in [-0.25, -0.2) is 4.79 Å². The third-order valence-corrected chi connectivity index (χ3v) is 4.32. The van der Waals surface area contributed by atoms with Crippen molar-refractivity contribution in [2.45, 2.75) is 26.9 Å². The van der Waals surface area contributed by atoms with Crippen LogP contribution in [0, 0.1) is 6.92 Å². The van der Waals surface area contributed by atoms with Crippen LogP contribution >= 0.6 is 11.5 Å². The largest absolute Gasteiger partial charge is 0.332 e. The summed E-state index contributed by atoms with van der Waals surface area (Å²) in [6, 6.07) is 7.37. The predicted molar refractivity (Wildman–Crippen MR) is 93.6 cm³/mol. The van der Waals surface area contributed by atoms with Gasteiger partial charge in [0.25, 0.3) is 5.56 Å². The second-order valence-electron chi connectivity index (χ2n) is 5.38. The monoisotopic (exact) mass is 344 g/mol. The fourth-order valence-corrected chi connectivity index (χ4v) is 3.12. The van der Waals surface area contributed by atoms with Gasteiger partial charge in [-0.15, -0.1) is 0 Å². The number of hydrogen-bond acceptors (Lipinski definition) is 5. The van der Waals surface area contributed by atoms with Crippen molar-refractivity contribution in [1.82, 2.24) is 13.5 Å². The molecule has 2 heterocycles. The number of hydrogen-bond donors (Lipinski definition) is 1. The number of nitrogens with zero attached hydrogens (tertiary/aromatic N) is 3. The van der Waals surface area contributed by atoms with E-state index in [0.29, 0.717) is 11.2 Å². The van der Waals surface area contributed by atoms with E-state index in [1.165, 1.54) is 4.57 Å². The van der Waals surface area contributed by atoms with Gasteiger partial charge in [0.05, 0.1) is 5.52 Å². The van der Waals surface area contributed by atoms with Crippen LogP contribution in [0.25, 0.3) is 11.0 Å². The molecule has 0 radical (unpaired) electrons. The summed E-state index contributed by atoms with van der Waals surface area (Å²) in [5.74, 6) is -0.338. The van der Waals surface area contributed by atoms with Crippen LogP contribution in [0.4, 0.5) is 5.69 Å². The molecule has 0 saturated carbocycles.